The topological polar surface area (TPSA) is 73.3 Å². The lowest BCUT2D eigenvalue weighted by atomic mass is 9.98. The maximum atomic E-state index is 5.63. The lowest BCUT2D eigenvalue weighted by molar-refractivity contribution is 0.208. The molecule has 22 heavy (non-hydrogen) atoms. The van der Waals surface area contributed by atoms with Crippen LogP contribution in [0.2, 0.25) is 0 Å². The van der Waals surface area contributed by atoms with Crippen LogP contribution in [0.25, 0.3) is 0 Å². The Labute approximate surface area is 129 Å². The molecule has 1 aliphatic heterocycles. The first-order chi connectivity index (χ1) is 10.8. The first-order valence-electron chi connectivity index (χ1n) is 7.36. The van der Waals surface area contributed by atoms with Gasteiger partial charge in [0.2, 0.25) is 5.95 Å². The summed E-state index contributed by atoms with van der Waals surface area (Å²) in [6, 6.07) is 2.23. The Bertz CT molecular complexity index is 570. The van der Waals surface area contributed by atoms with Gasteiger partial charge in [-0.15, -0.1) is 0 Å². The number of piperidine rings is 1. The predicted molar refractivity (Wildman–Crippen MR) is 81.0 cm³/mol. The van der Waals surface area contributed by atoms with Crippen LogP contribution < -0.4 is 14.4 Å². The largest absolute Gasteiger partial charge is 0.494 e. The molecule has 0 amide bonds. The highest BCUT2D eigenvalue weighted by atomic mass is 16.5. The standard InChI is InChI=1S/C15H19N5O2/c1-21-13-9-18-14(19-10-13)20-7-3-12(4-8-20)11-22-15-16-5-2-6-17-15/h2,5-6,9-10,12H,3-4,7-8,11H2,1H3. The maximum Gasteiger partial charge on any atom is 0.316 e. The van der Waals surface area contributed by atoms with Crippen molar-refractivity contribution in [1.82, 2.24) is 19.9 Å². The number of rotatable bonds is 5. The predicted octanol–water partition coefficient (Wildman–Crippen LogP) is 1.57. The van der Waals surface area contributed by atoms with Crippen molar-refractivity contribution in [1.29, 1.82) is 0 Å². The molecule has 1 saturated heterocycles. The molecule has 0 saturated carbocycles. The molecule has 2 aromatic rings. The Morgan fingerprint density at radius 2 is 1.77 bits per heavy atom. The number of hydrogen-bond acceptors (Lipinski definition) is 7. The molecule has 0 aromatic carbocycles. The minimum Gasteiger partial charge on any atom is -0.494 e. The summed E-state index contributed by atoms with van der Waals surface area (Å²) in [4.78, 5) is 19.0. The number of aromatic nitrogens is 4. The van der Waals surface area contributed by atoms with E-state index in [-0.39, 0.29) is 0 Å². The summed E-state index contributed by atoms with van der Waals surface area (Å²) in [5.41, 5.74) is 0. The second kappa shape index (κ2) is 7.02. The molecule has 116 valence electrons. The summed E-state index contributed by atoms with van der Waals surface area (Å²) in [5, 5.41) is 0. The Morgan fingerprint density at radius 1 is 1.09 bits per heavy atom. The van der Waals surface area contributed by atoms with Crippen LogP contribution in [-0.4, -0.2) is 46.7 Å². The first-order valence-corrected chi connectivity index (χ1v) is 7.36. The van der Waals surface area contributed by atoms with E-state index in [1.54, 1.807) is 38.0 Å². The number of nitrogens with zero attached hydrogens (tertiary/aromatic N) is 5. The van der Waals surface area contributed by atoms with Crippen molar-refractivity contribution < 1.29 is 9.47 Å². The lowest BCUT2D eigenvalue weighted by Crippen LogP contribution is -2.36. The third-order valence-electron chi connectivity index (χ3n) is 3.74. The van der Waals surface area contributed by atoms with E-state index in [0.717, 1.165) is 31.9 Å². The molecule has 0 aliphatic carbocycles. The summed E-state index contributed by atoms with van der Waals surface area (Å²) in [6.45, 7) is 2.51. The van der Waals surface area contributed by atoms with Crippen LogP contribution in [0.15, 0.2) is 30.9 Å². The molecule has 3 rings (SSSR count). The number of ether oxygens (including phenoxy) is 2. The van der Waals surface area contributed by atoms with E-state index in [2.05, 4.69) is 24.8 Å². The van der Waals surface area contributed by atoms with Crippen LogP contribution in [0.3, 0.4) is 0 Å². The monoisotopic (exact) mass is 301 g/mol. The second-order valence-electron chi connectivity index (χ2n) is 5.20. The van der Waals surface area contributed by atoms with E-state index in [1.807, 2.05) is 0 Å². The van der Waals surface area contributed by atoms with Gasteiger partial charge in [0.15, 0.2) is 5.75 Å². The zero-order chi connectivity index (χ0) is 15.2. The van der Waals surface area contributed by atoms with E-state index in [9.17, 15) is 0 Å². The van der Waals surface area contributed by atoms with Gasteiger partial charge in [0.05, 0.1) is 26.1 Å². The molecule has 0 unspecified atom stereocenters. The molecule has 2 aromatic heterocycles. The van der Waals surface area contributed by atoms with Crippen molar-refractivity contribution in [3.05, 3.63) is 30.9 Å². The fourth-order valence-electron chi connectivity index (χ4n) is 2.43. The summed E-state index contributed by atoms with van der Waals surface area (Å²) >= 11 is 0. The van der Waals surface area contributed by atoms with Crippen molar-refractivity contribution in [2.45, 2.75) is 12.8 Å². The van der Waals surface area contributed by atoms with Gasteiger partial charge in [-0.05, 0) is 24.8 Å². The number of anilines is 1. The van der Waals surface area contributed by atoms with Crippen LogP contribution in [0.1, 0.15) is 12.8 Å². The van der Waals surface area contributed by atoms with Gasteiger partial charge in [0, 0.05) is 25.5 Å². The molecule has 0 bridgehead atoms. The first kappa shape index (κ1) is 14.5. The smallest absolute Gasteiger partial charge is 0.316 e. The zero-order valence-electron chi connectivity index (χ0n) is 12.6. The Hall–Kier alpha value is -2.44. The van der Waals surface area contributed by atoms with Crippen LogP contribution in [0.4, 0.5) is 5.95 Å². The highest BCUT2D eigenvalue weighted by molar-refractivity contribution is 5.31. The summed E-state index contributed by atoms with van der Waals surface area (Å²) in [7, 11) is 1.61. The van der Waals surface area contributed by atoms with E-state index in [1.165, 1.54) is 0 Å². The van der Waals surface area contributed by atoms with Gasteiger partial charge in [-0.1, -0.05) is 0 Å². The minimum absolute atomic E-state index is 0.448. The molecule has 1 fully saturated rings. The normalized spacial score (nSPS) is 15.6. The molecule has 0 atom stereocenters. The molecular weight excluding hydrogens is 282 g/mol. The van der Waals surface area contributed by atoms with Gasteiger partial charge in [0.25, 0.3) is 0 Å². The van der Waals surface area contributed by atoms with Gasteiger partial charge in [-0.3, -0.25) is 0 Å². The Kier molecular flexibility index (Phi) is 4.62. The molecule has 7 nitrogen and oxygen atoms in total. The quantitative estimate of drug-likeness (QED) is 0.830. The highest BCUT2D eigenvalue weighted by Gasteiger charge is 2.21. The third kappa shape index (κ3) is 3.60. The molecule has 3 heterocycles. The molecule has 0 spiro atoms. The summed E-state index contributed by atoms with van der Waals surface area (Å²) in [5.74, 6) is 1.94. The van der Waals surface area contributed by atoms with Gasteiger partial charge in [0.1, 0.15) is 0 Å². The van der Waals surface area contributed by atoms with Gasteiger partial charge >= 0.3 is 6.01 Å². The van der Waals surface area contributed by atoms with Crippen LogP contribution in [0, 0.1) is 5.92 Å². The highest BCUT2D eigenvalue weighted by Crippen LogP contribution is 2.21. The minimum atomic E-state index is 0.448. The fourth-order valence-corrected chi connectivity index (χ4v) is 2.43. The molecule has 0 radical (unpaired) electrons. The van der Waals surface area contributed by atoms with Crippen molar-refractivity contribution in [2.75, 3.05) is 31.7 Å². The van der Waals surface area contributed by atoms with E-state index in [4.69, 9.17) is 9.47 Å². The van der Waals surface area contributed by atoms with Gasteiger partial charge in [-0.25, -0.2) is 19.9 Å². The third-order valence-corrected chi connectivity index (χ3v) is 3.74. The van der Waals surface area contributed by atoms with Crippen LogP contribution >= 0.6 is 0 Å². The lowest BCUT2D eigenvalue weighted by Gasteiger charge is -2.31. The molecule has 0 N–H and O–H groups in total. The average Bonchev–Trinajstić information content (AvgIpc) is 2.61. The van der Waals surface area contributed by atoms with Crippen molar-refractivity contribution in [3.8, 4) is 11.8 Å². The van der Waals surface area contributed by atoms with E-state index < -0.39 is 0 Å². The molecular formula is C15H19N5O2. The Balaban J connectivity index is 1.47. The van der Waals surface area contributed by atoms with Crippen molar-refractivity contribution >= 4 is 5.95 Å². The second-order valence-corrected chi connectivity index (χ2v) is 5.20. The summed E-state index contributed by atoms with van der Waals surface area (Å²) < 4.78 is 10.7. The van der Waals surface area contributed by atoms with Gasteiger partial charge in [-0.2, -0.15) is 0 Å². The van der Waals surface area contributed by atoms with Crippen molar-refractivity contribution in [2.24, 2.45) is 5.92 Å². The SMILES string of the molecule is COc1cnc(N2CCC(COc3ncccn3)CC2)nc1. The van der Waals surface area contributed by atoms with E-state index >= 15 is 0 Å². The Morgan fingerprint density at radius 3 is 2.41 bits per heavy atom. The van der Waals surface area contributed by atoms with Crippen LogP contribution in [0.5, 0.6) is 11.8 Å². The fraction of sp³-hybridized carbons (Fsp3) is 0.467. The van der Waals surface area contributed by atoms with Gasteiger partial charge < -0.3 is 14.4 Å². The number of hydrogen-bond donors (Lipinski definition) is 0. The maximum absolute atomic E-state index is 5.63. The zero-order valence-corrected chi connectivity index (χ0v) is 12.6. The summed E-state index contributed by atoms with van der Waals surface area (Å²) in [6.07, 6.45) is 8.86. The molecule has 1 aliphatic rings. The number of methoxy groups -OCH3 is 1. The molecule has 7 heteroatoms. The van der Waals surface area contributed by atoms with Crippen LogP contribution in [-0.2, 0) is 0 Å². The van der Waals surface area contributed by atoms with Crippen molar-refractivity contribution in [3.63, 3.8) is 0 Å². The van der Waals surface area contributed by atoms with E-state index in [0.29, 0.717) is 24.3 Å². The average molecular weight is 301 g/mol.